The zero-order valence-electron chi connectivity index (χ0n) is 15.8. The SMILES string of the molecule is Cc1cc2nccc(Oc3ccc(CC(=O)Cc4nccs4)cc3)c2cc1C. The average Bonchev–Trinajstić information content (AvgIpc) is 3.18. The van der Waals surface area contributed by atoms with Crippen LogP contribution in [0.2, 0.25) is 0 Å². The van der Waals surface area contributed by atoms with Crippen molar-refractivity contribution >= 4 is 28.0 Å². The fourth-order valence-corrected chi connectivity index (χ4v) is 3.72. The number of ether oxygens (including phenoxy) is 1. The number of hydrogen-bond acceptors (Lipinski definition) is 5. The molecule has 4 aromatic rings. The van der Waals surface area contributed by atoms with Gasteiger partial charge in [0.25, 0.3) is 0 Å². The number of fused-ring (bicyclic) bond motifs is 1. The Morgan fingerprint density at radius 3 is 2.50 bits per heavy atom. The summed E-state index contributed by atoms with van der Waals surface area (Å²) in [6, 6.07) is 13.7. The monoisotopic (exact) mass is 388 g/mol. The van der Waals surface area contributed by atoms with Gasteiger partial charge in [0.05, 0.1) is 16.9 Å². The van der Waals surface area contributed by atoms with E-state index in [-0.39, 0.29) is 5.78 Å². The predicted octanol–water partition coefficient (Wildman–Crippen LogP) is 5.45. The Labute approximate surface area is 167 Å². The molecule has 4 rings (SSSR count). The molecule has 2 aromatic carbocycles. The molecule has 0 amide bonds. The normalized spacial score (nSPS) is 10.9. The van der Waals surface area contributed by atoms with Gasteiger partial charge in [0.2, 0.25) is 0 Å². The minimum Gasteiger partial charge on any atom is -0.457 e. The van der Waals surface area contributed by atoms with Crippen molar-refractivity contribution in [2.75, 3.05) is 0 Å². The lowest BCUT2D eigenvalue weighted by Crippen LogP contribution is -2.06. The summed E-state index contributed by atoms with van der Waals surface area (Å²) < 4.78 is 6.10. The Hall–Kier alpha value is -3.05. The quantitative estimate of drug-likeness (QED) is 0.440. The maximum absolute atomic E-state index is 12.2. The van der Waals surface area contributed by atoms with Crippen molar-refractivity contribution in [2.24, 2.45) is 0 Å². The number of carbonyl (C=O) groups is 1. The van der Waals surface area contributed by atoms with Gasteiger partial charge in [0, 0.05) is 29.6 Å². The molecule has 0 aliphatic heterocycles. The molecule has 0 atom stereocenters. The third-order valence-electron chi connectivity index (χ3n) is 4.70. The van der Waals surface area contributed by atoms with Gasteiger partial charge in [-0.3, -0.25) is 9.78 Å². The first kappa shape index (κ1) is 18.3. The lowest BCUT2D eigenvalue weighted by Gasteiger charge is -2.11. The largest absolute Gasteiger partial charge is 0.457 e. The molecule has 4 nitrogen and oxygen atoms in total. The summed E-state index contributed by atoms with van der Waals surface area (Å²) in [5.41, 5.74) is 4.31. The molecule has 5 heteroatoms. The van der Waals surface area contributed by atoms with E-state index in [0.717, 1.165) is 33.0 Å². The molecule has 0 N–H and O–H groups in total. The molecular formula is C23H20N2O2S. The molecule has 0 saturated carbocycles. The van der Waals surface area contributed by atoms with Gasteiger partial charge in [-0.25, -0.2) is 4.98 Å². The van der Waals surface area contributed by atoms with E-state index in [1.807, 2.05) is 35.7 Å². The van der Waals surface area contributed by atoms with Crippen LogP contribution in [-0.4, -0.2) is 15.8 Å². The molecule has 0 spiro atoms. The number of pyridine rings is 1. The van der Waals surface area contributed by atoms with Gasteiger partial charge in [-0.05, 0) is 60.9 Å². The van der Waals surface area contributed by atoms with Crippen LogP contribution in [0.4, 0.5) is 0 Å². The summed E-state index contributed by atoms with van der Waals surface area (Å²) in [5, 5.41) is 3.74. The number of rotatable bonds is 6. The number of nitrogens with zero attached hydrogens (tertiary/aromatic N) is 2. The number of benzene rings is 2. The van der Waals surface area contributed by atoms with Gasteiger partial charge in [-0.15, -0.1) is 11.3 Å². The minimum absolute atomic E-state index is 0.162. The molecular weight excluding hydrogens is 368 g/mol. The van der Waals surface area contributed by atoms with Crippen LogP contribution in [0.3, 0.4) is 0 Å². The van der Waals surface area contributed by atoms with E-state index in [0.29, 0.717) is 12.8 Å². The van der Waals surface area contributed by atoms with Crippen molar-refractivity contribution in [3.05, 3.63) is 81.9 Å². The van der Waals surface area contributed by atoms with Crippen LogP contribution in [0, 0.1) is 13.8 Å². The maximum atomic E-state index is 12.2. The van der Waals surface area contributed by atoms with Gasteiger partial charge in [0.1, 0.15) is 17.3 Å². The summed E-state index contributed by atoms with van der Waals surface area (Å²) in [4.78, 5) is 20.8. The second-order valence-electron chi connectivity index (χ2n) is 6.83. The lowest BCUT2D eigenvalue weighted by atomic mass is 10.1. The molecule has 0 saturated heterocycles. The summed E-state index contributed by atoms with van der Waals surface area (Å²) in [7, 11) is 0. The zero-order valence-corrected chi connectivity index (χ0v) is 16.6. The summed E-state index contributed by atoms with van der Waals surface area (Å²) in [6.07, 6.45) is 4.28. The number of thiazole rings is 1. The molecule has 0 aliphatic rings. The summed E-state index contributed by atoms with van der Waals surface area (Å²) >= 11 is 1.51. The molecule has 0 bridgehead atoms. The Morgan fingerprint density at radius 2 is 1.75 bits per heavy atom. The number of Topliss-reactive ketones (excluding diaryl/α,β-unsaturated/α-hetero) is 1. The van der Waals surface area contributed by atoms with E-state index < -0.39 is 0 Å². The van der Waals surface area contributed by atoms with Crippen molar-refractivity contribution in [1.29, 1.82) is 0 Å². The second kappa shape index (κ2) is 7.90. The van der Waals surface area contributed by atoms with Crippen molar-refractivity contribution < 1.29 is 9.53 Å². The maximum Gasteiger partial charge on any atom is 0.144 e. The molecule has 28 heavy (non-hydrogen) atoms. The van der Waals surface area contributed by atoms with Gasteiger partial charge < -0.3 is 4.74 Å². The summed E-state index contributed by atoms with van der Waals surface area (Å²) in [5.74, 6) is 1.68. The van der Waals surface area contributed by atoms with Crippen LogP contribution >= 0.6 is 11.3 Å². The van der Waals surface area contributed by atoms with Gasteiger partial charge in [-0.1, -0.05) is 12.1 Å². The van der Waals surface area contributed by atoms with Crippen molar-refractivity contribution in [1.82, 2.24) is 9.97 Å². The van der Waals surface area contributed by atoms with Crippen LogP contribution in [0.15, 0.2) is 60.2 Å². The minimum atomic E-state index is 0.162. The highest BCUT2D eigenvalue weighted by atomic mass is 32.1. The van der Waals surface area contributed by atoms with E-state index in [1.54, 1.807) is 12.4 Å². The first-order valence-electron chi connectivity index (χ1n) is 9.11. The average molecular weight is 388 g/mol. The van der Waals surface area contributed by atoms with Gasteiger partial charge in [0.15, 0.2) is 0 Å². The number of carbonyl (C=O) groups excluding carboxylic acids is 1. The first-order valence-corrected chi connectivity index (χ1v) is 9.99. The first-order chi connectivity index (χ1) is 13.6. The summed E-state index contributed by atoms with van der Waals surface area (Å²) in [6.45, 7) is 4.17. The fraction of sp³-hybridized carbons (Fsp3) is 0.174. The number of aryl methyl sites for hydroxylation is 2. The number of ketones is 1. The van der Waals surface area contributed by atoms with E-state index in [1.165, 1.54) is 22.5 Å². The lowest BCUT2D eigenvalue weighted by molar-refractivity contribution is -0.117. The van der Waals surface area contributed by atoms with Gasteiger partial charge in [-0.2, -0.15) is 0 Å². The molecule has 0 radical (unpaired) electrons. The van der Waals surface area contributed by atoms with Crippen LogP contribution in [-0.2, 0) is 17.6 Å². The van der Waals surface area contributed by atoms with Gasteiger partial charge >= 0.3 is 0 Å². The highest BCUT2D eigenvalue weighted by Gasteiger charge is 2.09. The Morgan fingerprint density at radius 1 is 0.964 bits per heavy atom. The van der Waals surface area contributed by atoms with E-state index >= 15 is 0 Å². The Kier molecular flexibility index (Phi) is 5.17. The third kappa shape index (κ3) is 4.10. The number of hydrogen-bond donors (Lipinski definition) is 0. The van der Waals surface area contributed by atoms with Crippen LogP contribution in [0.1, 0.15) is 21.7 Å². The predicted molar refractivity (Wildman–Crippen MR) is 112 cm³/mol. The Balaban J connectivity index is 1.48. The molecule has 2 aromatic heterocycles. The van der Waals surface area contributed by atoms with E-state index in [2.05, 4.69) is 35.9 Å². The van der Waals surface area contributed by atoms with E-state index in [9.17, 15) is 4.79 Å². The van der Waals surface area contributed by atoms with E-state index in [4.69, 9.17) is 4.74 Å². The van der Waals surface area contributed by atoms with Crippen LogP contribution in [0.5, 0.6) is 11.5 Å². The van der Waals surface area contributed by atoms with Crippen molar-refractivity contribution in [3.8, 4) is 11.5 Å². The molecule has 0 aliphatic carbocycles. The smallest absolute Gasteiger partial charge is 0.144 e. The third-order valence-corrected chi connectivity index (χ3v) is 5.48. The fourth-order valence-electron chi connectivity index (χ4n) is 3.07. The molecule has 0 fully saturated rings. The van der Waals surface area contributed by atoms with Crippen molar-refractivity contribution in [3.63, 3.8) is 0 Å². The highest BCUT2D eigenvalue weighted by molar-refractivity contribution is 7.09. The zero-order chi connectivity index (χ0) is 19.5. The van der Waals surface area contributed by atoms with Crippen LogP contribution < -0.4 is 4.74 Å². The highest BCUT2D eigenvalue weighted by Crippen LogP contribution is 2.30. The standard InChI is InChI=1S/C23H20N2O2S/c1-15-11-20-21(12-16(15)2)24-8-7-22(20)27-19-5-3-17(4-6-19)13-18(26)14-23-25-9-10-28-23/h3-12H,13-14H2,1-2H3. The van der Waals surface area contributed by atoms with Crippen LogP contribution in [0.25, 0.3) is 10.9 Å². The molecule has 140 valence electrons. The number of aromatic nitrogens is 2. The topological polar surface area (TPSA) is 52.1 Å². The van der Waals surface area contributed by atoms with Crippen molar-refractivity contribution in [2.45, 2.75) is 26.7 Å². The molecule has 0 unspecified atom stereocenters. The second-order valence-corrected chi connectivity index (χ2v) is 7.81. The molecule has 2 heterocycles. The Bertz CT molecular complexity index is 1120.